The fourth-order valence-corrected chi connectivity index (χ4v) is 3.84. The number of unbranched alkanes of at least 4 members (excludes halogenated alkanes) is 2. The first kappa shape index (κ1) is 20.3. The molecule has 0 bridgehead atoms. The van der Waals surface area contributed by atoms with Crippen LogP contribution in [0.25, 0.3) is 0 Å². The number of rotatable bonds is 7. The molecule has 5 nitrogen and oxygen atoms in total. The van der Waals surface area contributed by atoms with Crippen LogP contribution in [-0.2, 0) is 11.2 Å². The number of hydrogen-bond acceptors (Lipinski definition) is 4. The molecule has 1 aromatic carbocycles. The number of benzene rings is 1. The summed E-state index contributed by atoms with van der Waals surface area (Å²) in [5.74, 6) is 2.14. The van der Waals surface area contributed by atoms with Gasteiger partial charge in [-0.3, -0.25) is 4.79 Å². The molecule has 1 aliphatic rings. The van der Waals surface area contributed by atoms with E-state index in [1.165, 1.54) is 11.1 Å². The number of aromatic nitrogens is 2. The van der Waals surface area contributed by atoms with Gasteiger partial charge in [0.05, 0.1) is 0 Å². The van der Waals surface area contributed by atoms with E-state index < -0.39 is 0 Å². The molecule has 1 amide bonds. The van der Waals surface area contributed by atoms with Gasteiger partial charge >= 0.3 is 0 Å². The molecule has 2 aromatic rings. The number of nitrogens with zero attached hydrogens (tertiary/aromatic N) is 4. The third-order valence-electron chi connectivity index (χ3n) is 5.45. The lowest BCUT2D eigenvalue weighted by Crippen LogP contribution is -2.49. The Bertz CT molecular complexity index is 783. The molecule has 0 aliphatic carbocycles. The van der Waals surface area contributed by atoms with Gasteiger partial charge in [-0.2, -0.15) is 0 Å². The van der Waals surface area contributed by atoms with Crippen LogP contribution in [-0.4, -0.2) is 47.0 Å². The number of carbonyl (C=O) groups is 1. The summed E-state index contributed by atoms with van der Waals surface area (Å²) in [7, 11) is 0. The van der Waals surface area contributed by atoms with Crippen molar-refractivity contribution in [1.29, 1.82) is 0 Å². The normalized spacial score (nSPS) is 14.4. The predicted octanol–water partition coefficient (Wildman–Crippen LogP) is 3.91. The fourth-order valence-electron chi connectivity index (χ4n) is 3.84. The molecule has 3 rings (SSSR count). The minimum atomic E-state index is 0.299. The van der Waals surface area contributed by atoms with E-state index in [0.717, 1.165) is 69.2 Å². The van der Waals surface area contributed by atoms with E-state index in [1.807, 2.05) is 17.9 Å². The average molecular weight is 381 g/mol. The summed E-state index contributed by atoms with van der Waals surface area (Å²) in [5, 5.41) is 0. The summed E-state index contributed by atoms with van der Waals surface area (Å²) < 4.78 is 0. The van der Waals surface area contributed by atoms with Gasteiger partial charge < -0.3 is 9.80 Å². The smallest absolute Gasteiger partial charge is 0.222 e. The number of carbonyl (C=O) groups excluding carboxylic acids is 1. The summed E-state index contributed by atoms with van der Waals surface area (Å²) in [6.07, 6.45) is 4.80. The molecule has 1 fully saturated rings. The highest BCUT2D eigenvalue weighted by Crippen LogP contribution is 2.25. The molecule has 1 aromatic heterocycles. The van der Waals surface area contributed by atoms with Crippen LogP contribution in [0.4, 0.5) is 5.82 Å². The number of hydrogen-bond donors (Lipinski definition) is 0. The maximum Gasteiger partial charge on any atom is 0.222 e. The van der Waals surface area contributed by atoms with E-state index in [2.05, 4.69) is 48.0 Å². The number of amides is 1. The van der Waals surface area contributed by atoms with Gasteiger partial charge in [0.1, 0.15) is 11.6 Å². The van der Waals surface area contributed by atoms with Crippen molar-refractivity contribution in [2.75, 3.05) is 31.1 Å². The molecular formula is C23H32N4O. The molecule has 0 N–H and O–H groups in total. The second-order valence-corrected chi connectivity index (χ2v) is 7.65. The van der Waals surface area contributed by atoms with Crippen LogP contribution in [0, 0.1) is 13.8 Å². The average Bonchev–Trinajstić information content (AvgIpc) is 2.71. The Balaban J connectivity index is 1.71. The minimum absolute atomic E-state index is 0.299. The van der Waals surface area contributed by atoms with Gasteiger partial charge in [-0.1, -0.05) is 50.1 Å². The summed E-state index contributed by atoms with van der Waals surface area (Å²) >= 11 is 0. The third kappa shape index (κ3) is 5.09. The fraction of sp³-hybridized carbons (Fsp3) is 0.522. The van der Waals surface area contributed by atoms with Crippen LogP contribution < -0.4 is 4.90 Å². The Labute approximate surface area is 168 Å². The Kier molecular flexibility index (Phi) is 7.01. The molecule has 150 valence electrons. The number of anilines is 1. The van der Waals surface area contributed by atoms with Crippen molar-refractivity contribution in [2.24, 2.45) is 0 Å². The number of aryl methyl sites for hydroxylation is 2. The quantitative estimate of drug-likeness (QED) is 0.683. The van der Waals surface area contributed by atoms with Gasteiger partial charge in [0.2, 0.25) is 5.91 Å². The zero-order chi connectivity index (χ0) is 19.9. The first-order valence-electron chi connectivity index (χ1n) is 10.5. The first-order chi connectivity index (χ1) is 13.6. The van der Waals surface area contributed by atoms with Crippen LogP contribution in [0.3, 0.4) is 0 Å². The van der Waals surface area contributed by atoms with E-state index in [0.29, 0.717) is 12.3 Å². The van der Waals surface area contributed by atoms with Crippen molar-refractivity contribution >= 4 is 11.7 Å². The van der Waals surface area contributed by atoms with E-state index in [-0.39, 0.29) is 0 Å². The second kappa shape index (κ2) is 9.67. The largest absolute Gasteiger partial charge is 0.353 e. The van der Waals surface area contributed by atoms with Gasteiger partial charge in [0, 0.05) is 50.3 Å². The molecule has 1 saturated heterocycles. The van der Waals surface area contributed by atoms with Crippen LogP contribution in [0.1, 0.15) is 55.3 Å². The van der Waals surface area contributed by atoms with Crippen molar-refractivity contribution in [3.63, 3.8) is 0 Å². The lowest BCUT2D eigenvalue weighted by atomic mass is 10.0. The molecule has 1 aliphatic heterocycles. The van der Waals surface area contributed by atoms with E-state index in [4.69, 9.17) is 4.98 Å². The summed E-state index contributed by atoms with van der Waals surface area (Å²) in [6.45, 7) is 9.41. The Hall–Kier alpha value is -2.43. The van der Waals surface area contributed by atoms with Crippen molar-refractivity contribution in [3.05, 3.63) is 53.0 Å². The Morgan fingerprint density at radius 2 is 1.71 bits per heavy atom. The predicted molar refractivity (Wildman–Crippen MR) is 114 cm³/mol. The van der Waals surface area contributed by atoms with Crippen LogP contribution in [0.5, 0.6) is 0 Å². The Morgan fingerprint density at radius 1 is 1.00 bits per heavy atom. The van der Waals surface area contributed by atoms with Gasteiger partial charge in [0.25, 0.3) is 0 Å². The van der Waals surface area contributed by atoms with Crippen molar-refractivity contribution in [3.8, 4) is 0 Å². The van der Waals surface area contributed by atoms with Crippen molar-refractivity contribution in [1.82, 2.24) is 14.9 Å². The molecule has 0 spiro atoms. The van der Waals surface area contributed by atoms with Gasteiger partial charge in [-0.05, 0) is 25.8 Å². The van der Waals surface area contributed by atoms with Gasteiger partial charge in [-0.25, -0.2) is 9.97 Å². The maximum absolute atomic E-state index is 12.4. The molecular weight excluding hydrogens is 348 g/mol. The minimum Gasteiger partial charge on any atom is -0.353 e. The molecule has 5 heteroatoms. The summed E-state index contributed by atoms with van der Waals surface area (Å²) in [5.41, 5.74) is 3.51. The third-order valence-corrected chi connectivity index (χ3v) is 5.45. The SMILES string of the molecule is CCCCCC(=O)N1CCN(c2nc(C)nc(C)c2Cc2ccccc2)CC1. The van der Waals surface area contributed by atoms with Gasteiger partial charge in [-0.15, -0.1) is 0 Å². The van der Waals surface area contributed by atoms with Crippen LogP contribution >= 0.6 is 0 Å². The lowest BCUT2D eigenvalue weighted by molar-refractivity contribution is -0.131. The van der Waals surface area contributed by atoms with E-state index >= 15 is 0 Å². The zero-order valence-electron chi connectivity index (χ0n) is 17.4. The molecule has 0 saturated carbocycles. The van der Waals surface area contributed by atoms with Gasteiger partial charge in [0.15, 0.2) is 0 Å². The van der Waals surface area contributed by atoms with Crippen LogP contribution in [0.2, 0.25) is 0 Å². The highest BCUT2D eigenvalue weighted by atomic mass is 16.2. The maximum atomic E-state index is 12.4. The standard InChI is InChI=1S/C23H32N4O/c1-4-5-7-12-22(28)26-13-15-27(16-14-26)23-21(18(2)24-19(3)25-23)17-20-10-8-6-9-11-20/h6,8-11H,4-5,7,12-17H2,1-3H3. The highest BCUT2D eigenvalue weighted by Gasteiger charge is 2.24. The van der Waals surface area contributed by atoms with E-state index in [1.54, 1.807) is 0 Å². The monoisotopic (exact) mass is 380 g/mol. The molecule has 0 radical (unpaired) electrons. The van der Waals surface area contributed by atoms with Crippen molar-refractivity contribution in [2.45, 2.75) is 52.9 Å². The van der Waals surface area contributed by atoms with Crippen molar-refractivity contribution < 1.29 is 4.79 Å². The second-order valence-electron chi connectivity index (χ2n) is 7.65. The Morgan fingerprint density at radius 3 is 2.39 bits per heavy atom. The highest BCUT2D eigenvalue weighted by molar-refractivity contribution is 5.76. The molecule has 0 unspecified atom stereocenters. The number of piperazine rings is 1. The molecule has 28 heavy (non-hydrogen) atoms. The topological polar surface area (TPSA) is 49.3 Å². The lowest BCUT2D eigenvalue weighted by Gasteiger charge is -2.36. The molecule has 2 heterocycles. The zero-order valence-corrected chi connectivity index (χ0v) is 17.4. The van der Waals surface area contributed by atoms with Crippen LogP contribution in [0.15, 0.2) is 30.3 Å². The summed E-state index contributed by atoms with van der Waals surface area (Å²) in [6, 6.07) is 10.5. The first-order valence-corrected chi connectivity index (χ1v) is 10.5. The molecule has 0 atom stereocenters. The van der Waals surface area contributed by atoms with E-state index in [9.17, 15) is 4.79 Å². The summed E-state index contributed by atoms with van der Waals surface area (Å²) in [4.78, 5) is 26.2.